The number of methoxy groups -OCH3 is 1. The van der Waals surface area contributed by atoms with Gasteiger partial charge in [0.05, 0.1) is 12.6 Å². The third-order valence-electron chi connectivity index (χ3n) is 2.49. The molecule has 1 heterocycles. The van der Waals surface area contributed by atoms with Crippen LogP contribution in [0.5, 0.6) is 0 Å². The number of nitrogens with zero attached hydrogens (tertiary/aromatic N) is 1. The summed E-state index contributed by atoms with van der Waals surface area (Å²) in [5.41, 5.74) is 6.77. The van der Waals surface area contributed by atoms with Crippen molar-refractivity contribution >= 4 is 5.91 Å². The number of pyridine rings is 1. The third-order valence-corrected chi connectivity index (χ3v) is 2.49. The Labute approximate surface area is 101 Å². The summed E-state index contributed by atoms with van der Waals surface area (Å²) in [6, 6.07) is 3.50. The van der Waals surface area contributed by atoms with E-state index in [2.05, 4.69) is 10.3 Å². The summed E-state index contributed by atoms with van der Waals surface area (Å²) in [6.07, 6.45) is 2.44. The van der Waals surface area contributed by atoms with Crippen LogP contribution in [0.2, 0.25) is 0 Å². The highest BCUT2D eigenvalue weighted by Gasteiger charge is 2.12. The highest BCUT2D eigenvalue weighted by molar-refractivity contribution is 5.92. The number of rotatable bonds is 6. The number of carbonyl (C=O) groups excluding carboxylic acids is 1. The van der Waals surface area contributed by atoms with Gasteiger partial charge in [-0.25, -0.2) is 0 Å². The molecule has 1 aromatic heterocycles. The summed E-state index contributed by atoms with van der Waals surface area (Å²) in [5.74, 6) is -0.183. The smallest absolute Gasteiger partial charge is 0.270 e. The Hall–Kier alpha value is -1.46. The molecule has 1 aromatic rings. The van der Waals surface area contributed by atoms with Crippen LogP contribution in [0.3, 0.4) is 0 Å². The van der Waals surface area contributed by atoms with E-state index >= 15 is 0 Å². The zero-order valence-corrected chi connectivity index (χ0v) is 10.3. The molecule has 0 saturated carbocycles. The monoisotopic (exact) mass is 237 g/mol. The fourth-order valence-corrected chi connectivity index (χ4v) is 1.40. The van der Waals surface area contributed by atoms with Crippen LogP contribution in [-0.4, -0.2) is 30.6 Å². The van der Waals surface area contributed by atoms with E-state index in [1.54, 1.807) is 25.4 Å². The summed E-state index contributed by atoms with van der Waals surface area (Å²) in [4.78, 5) is 15.9. The zero-order chi connectivity index (χ0) is 12.7. The second kappa shape index (κ2) is 6.98. The summed E-state index contributed by atoms with van der Waals surface area (Å²) >= 11 is 0. The number of amides is 1. The summed E-state index contributed by atoms with van der Waals surface area (Å²) in [6.45, 7) is 2.92. The van der Waals surface area contributed by atoms with Crippen LogP contribution in [0.4, 0.5) is 0 Å². The van der Waals surface area contributed by atoms with Gasteiger partial charge in [0.25, 0.3) is 5.91 Å². The van der Waals surface area contributed by atoms with E-state index in [0.717, 1.165) is 12.0 Å². The van der Waals surface area contributed by atoms with Crippen LogP contribution in [0.15, 0.2) is 18.3 Å². The SMILES string of the molecule is CCC(COC)NC(=O)c1ccc(CN)cn1. The Balaban J connectivity index is 2.62. The standard InChI is InChI=1S/C12H19N3O2/c1-3-10(8-17-2)15-12(16)11-5-4-9(6-13)7-14-11/h4-5,7,10H,3,6,8,13H2,1-2H3,(H,15,16). The zero-order valence-electron chi connectivity index (χ0n) is 10.3. The van der Waals surface area contributed by atoms with E-state index in [-0.39, 0.29) is 11.9 Å². The molecule has 0 aliphatic heterocycles. The summed E-state index contributed by atoms with van der Waals surface area (Å²) < 4.78 is 5.02. The molecule has 5 heteroatoms. The van der Waals surface area contributed by atoms with Gasteiger partial charge in [-0.3, -0.25) is 9.78 Å². The van der Waals surface area contributed by atoms with Crippen LogP contribution in [-0.2, 0) is 11.3 Å². The van der Waals surface area contributed by atoms with Crippen LogP contribution >= 0.6 is 0 Å². The Kier molecular flexibility index (Phi) is 5.59. The van der Waals surface area contributed by atoms with E-state index < -0.39 is 0 Å². The molecule has 17 heavy (non-hydrogen) atoms. The molecule has 5 nitrogen and oxygen atoms in total. The van der Waals surface area contributed by atoms with Gasteiger partial charge >= 0.3 is 0 Å². The van der Waals surface area contributed by atoms with Gasteiger partial charge in [0.15, 0.2) is 0 Å². The lowest BCUT2D eigenvalue weighted by molar-refractivity contribution is 0.0889. The van der Waals surface area contributed by atoms with Crippen LogP contribution in [0, 0.1) is 0 Å². The van der Waals surface area contributed by atoms with Gasteiger partial charge in [-0.05, 0) is 18.1 Å². The molecule has 1 atom stereocenters. The van der Waals surface area contributed by atoms with E-state index in [9.17, 15) is 4.79 Å². The fraction of sp³-hybridized carbons (Fsp3) is 0.500. The number of nitrogens with two attached hydrogens (primary N) is 1. The number of carbonyl (C=O) groups is 1. The van der Waals surface area contributed by atoms with Gasteiger partial charge in [0, 0.05) is 19.9 Å². The molecule has 0 fully saturated rings. The van der Waals surface area contributed by atoms with E-state index in [4.69, 9.17) is 10.5 Å². The van der Waals surface area contributed by atoms with Crippen molar-refractivity contribution in [3.05, 3.63) is 29.6 Å². The number of aromatic nitrogens is 1. The lowest BCUT2D eigenvalue weighted by atomic mass is 10.2. The average Bonchev–Trinajstić information content (AvgIpc) is 2.38. The van der Waals surface area contributed by atoms with Crippen LogP contribution < -0.4 is 11.1 Å². The maximum atomic E-state index is 11.8. The van der Waals surface area contributed by atoms with Gasteiger partial charge in [-0.1, -0.05) is 13.0 Å². The second-order valence-corrected chi connectivity index (χ2v) is 3.79. The van der Waals surface area contributed by atoms with Crippen molar-refractivity contribution in [3.63, 3.8) is 0 Å². The van der Waals surface area contributed by atoms with Gasteiger partial charge in [-0.2, -0.15) is 0 Å². The first-order valence-electron chi connectivity index (χ1n) is 5.66. The molecule has 0 radical (unpaired) electrons. The molecule has 1 amide bonds. The highest BCUT2D eigenvalue weighted by Crippen LogP contribution is 2.01. The Morgan fingerprint density at radius 3 is 2.82 bits per heavy atom. The van der Waals surface area contributed by atoms with Crippen molar-refractivity contribution in [1.29, 1.82) is 0 Å². The lowest BCUT2D eigenvalue weighted by Gasteiger charge is -2.15. The van der Waals surface area contributed by atoms with Gasteiger partial charge in [0.2, 0.25) is 0 Å². The van der Waals surface area contributed by atoms with Gasteiger partial charge in [0.1, 0.15) is 5.69 Å². The number of hydrogen-bond acceptors (Lipinski definition) is 4. The number of nitrogens with one attached hydrogen (secondary N) is 1. The largest absolute Gasteiger partial charge is 0.383 e. The molecule has 0 bridgehead atoms. The minimum absolute atomic E-state index is 0.0171. The Morgan fingerprint density at radius 2 is 2.35 bits per heavy atom. The molecular weight excluding hydrogens is 218 g/mol. The minimum Gasteiger partial charge on any atom is -0.383 e. The molecule has 0 saturated heterocycles. The van der Waals surface area contributed by atoms with Crippen molar-refractivity contribution in [2.24, 2.45) is 5.73 Å². The molecule has 94 valence electrons. The average molecular weight is 237 g/mol. The predicted octanol–water partition coefficient (Wildman–Crippen LogP) is 0.695. The molecule has 1 rings (SSSR count). The number of ether oxygens (including phenoxy) is 1. The molecule has 0 aliphatic carbocycles. The topological polar surface area (TPSA) is 77.2 Å². The Bertz CT molecular complexity index is 351. The van der Waals surface area contributed by atoms with Crippen molar-refractivity contribution in [3.8, 4) is 0 Å². The van der Waals surface area contributed by atoms with Crippen LogP contribution in [0.1, 0.15) is 29.4 Å². The summed E-state index contributed by atoms with van der Waals surface area (Å²) in [7, 11) is 1.61. The molecule has 3 N–H and O–H groups in total. The van der Waals surface area contributed by atoms with E-state index in [1.807, 2.05) is 6.92 Å². The normalized spacial score (nSPS) is 12.2. The quantitative estimate of drug-likeness (QED) is 0.763. The first-order valence-corrected chi connectivity index (χ1v) is 5.66. The first kappa shape index (κ1) is 13.6. The van der Waals surface area contributed by atoms with Gasteiger partial charge in [-0.15, -0.1) is 0 Å². The highest BCUT2D eigenvalue weighted by atomic mass is 16.5. The third kappa shape index (κ3) is 4.13. The molecular formula is C12H19N3O2. The molecule has 1 unspecified atom stereocenters. The van der Waals surface area contributed by atoms with Crippen molar-refractivity contribution < 1.29 is 9.53 Å². The Morgan fingerprint density at radius 1 is 1.59 bits per heavy atom. The predicted molar refractivity (Wildman–Crippen MR) is 65.5 cm³/mol. The maximum Gasteiger partial charge on any atom is 0.270 e. The van der Waals surface area contributed by atoms with Crippen molar-refractivity contribution in [2.45, 2.75) is 25.9 Å². The molecule has 0 aliphatic rings. The second-order valence-electron chi connectivity index (χ2n) is 3.79. The van der Waals surface area contributed by atoms with E-state index in [0.29, 0.717) is 18.8 Å². The summed E-state index contributed by atoms with van der Waals surface area (Å²) in [5, 5.41) is 2.86. The number of hydrogen-bond donors (Lipinski definition) is 2. The minimum atomic E-state index is -0.183. The fourth-order valence-electron chi connectivity index (χ4n) is 1.40. The first-order chi connectivity index (χ1) is 8.21. The lowest BCUT2D eigenvalue weighted by Crippen LogP contribution is -2.37. The van der Waals surface area contributed by atoms with Crippen molar-refractivity contribution in [2.75, 3.05) is 13.7 Å². The van der Waals surface area contributed by atoms with Crippen LogP contribution in [0.25, 0.3) is 0 Å². The maximum absolute atomic E-state index is 11.8. The van der Waals surface area contributed by atoms with Gasteiger partial charge < -0.3 is 15.8 Å². The van der Waals surface area contributed by atoms with Crippen molar-refractivity contribution in [1.82, 2.24) is 10.3 Å². The van der Waals surface area contributed by atoms with E-state index in [1.165, 1.54) is 0 Å². The molecule has 0 aromatic carbocycles. The molecule has 0 spiro atoms.